The third-order valence-corrected chi connectivity index (χ3v) is 6.86. The zero-order chi connectivity index (χ0) is 27.6. The predicted octanol–water partition coefficient (Wildman–Crippen LogP) is 3.45. The maximum atomic E-state index is 12.8. The largest absolute Gasteiger partial charge is 0.481 e. The summed E-state index contributed by atoms with van der Waals surface area (Å²) in [5.41, 5.74) is 2.08. The van der Waals surface area contributed by atoms with Crippen LogP contribution in [0.5, 0.6) is 0 Å². The standard InChI is InChI=1S/C28H28N2O8/c1-3-6-18(28(37)38-4-2)16-9-11-22-20(14-16)24(32)26(34)30(22)12-5-7-17(27(35)36)15-8-10-21-19(13-15)23(31)25(33)29-21/h8-11,13-14,17-18H,3-7,12H2,1-2H3,(H,35,36)(H,29,31,33). The Hall–Kier alpha value is -4.34. The first-order chi connectivity index (χ1) is 18.2. The smallest absolute Gasteiger partial charge is 0.313 e. The van der Waals surface area contributed by atoms with Crippen LogP contribution in [0, 0.1) is 0 Å². The van der Waals surface area contributed by atoms with Crippen molar-refractivity contribution in [2.75, 3.05) is 23.4 Å². The van der Waals surface area contributed by atoms with Crippen LogP contribution >= 0.6 is 0 Å². The van der Waals surface area contributed by atoms with Gasteiger partial charge >= 0.3 is 11.9 Å². The van der Waals surface area contributed by atoms with Crippen LogP contribution in [0.3, 0.4) is 0 Å². The molecule has 2 aromatic rings. The molecule has 2 atom stereocenters. The highest BCUT2D eigenvalue weighted by Gasteiger charge is 2.37. The molecule has 2 heterocycles. The first-order valence-corrected chi connectivity index (χ1v) is 12.6. The maximum Gasteiger partial charge on any atom is 0.313 e. The maximum absolute atomic E-state index is 12.8. The number of carbonyl (C=O) groups excluding carboxylic acids is 5. The molecule has 0 aromatic heterocycles. The van der Waals surface area contributed by atoms with Gasteiger partial charge in [0.05, 0.1) is 40.9 Å². The van der Waals surface area contributed by atoms with Crippen molar-refractivity contribution < 1.29 is 38.6 Å². The minimum Gasteiger partial charge on any atom is -0.481 e. The lowest BCUT2D eigenvalue weighted by Gasteiger charge is -2.20. The molecule has 2 aliphatic heterocycles. The Kier molecular flexibility index (Phi) is 7.70. The molecule has 2 aromatic carbocycles. The molecule has 38 heavy (non-hydrogen) atoms. The Balaban J connectivity index is 1.50. The lowest BCUT2D eigenvalue weighted by molar-refractivity contribution is -0.145. The topological polar surface area (TPSA) is 147 Å². The van der Waals surface area contributed by atoms with Crippen LogP contribution < -0.4 is 10.2 Å². The molecule has 0 spiro atoms. The molecular formula is C28H28N2O8. The molecule has 10 heteroatoms. The highest BCUT2D eigenvalue weighted by atomic mass is 16.5. The Morgan fingerprint density at radius 3 is 2.29 bits per heavy atom. The van der Waals surface area contributed by atoms with Gasteiger partial charge in [0, 0.05) is 6.54 Å². The molecule has 2 N–H and O–H groups in total. The number of anilines is 2. The average Bonchev–Trinajstić information content (AvgIpc) is 3.31. The SMILES string of the molecule is CCCC(C(=O)OCC)c1ccc2c(c1)C(=O)C(=O)N2CCCC(C(=O)O)c1ccc2c(c1)C(=O)C(=O)N2. The second kappa shape index (κ2) is 11.0. The molecular weight excluding hydrogens is 492 g/mol. The van der Waals surface area contributed by atoms with E-state index in [4.69, 9.17) is 4.74 Å². The minimum atomic E-state index is -1.11. The van der Waals surface area contributed by atoms with E-state index in [1.807, 2.05) is 6.92 Å². The van der Waals surface area contributed by atoms with Gasteiger partial charge in [-0.3, -0.25) is 28.8 Å². The molecule has 0 fully saturated rings. The van der Waals surface area contributed by atoms with Gasteiger partial charge < -0.3 is 20.1 Å². The highest BCUT2D eigenvalue weighted by Crippen LogP contribution is 2.35. The van der Waals surface area contributed by atoms with E-state index in [1.165, 1.54) is 17.0 Å². The monoisotopic (exact) mass is 520 g/mol. The van der Waals surface area contributed by atoms with Crippen molar-refractivity contribution in [1.82, 2.24) is 0 Å². The number of hydrogen-bond donors (Lipinski definition) is 2. The lowest BCUT2D eigenvalue weighted by Crippen LogP contribution is -2.31. The van der Waals surface area contributed by atoms with E-state index >= 15 is 0 Å². The summed E-state index contributed by atoms with van der Waals surface area (Å²) in [6.07, 6.45) is 1.67. The number of benzene rings is 2. The van der Waals surface area contributed by atoms with Gasteiger partial charge in [0.1, 0.15) is 0 Å². The number of fused-ring (bicyclic) bond motifs is 2. The zero-order valence-electron chi connectivity index (χ0n) is 21.1. The summed E-state index contributed by atoms with van der Waals surface area (Å²) in [4.78, 5) is 74.9. The molecule has 2 unspecified atom stereocenters. The number of carboxylic acids is 1. The van der Waals surface area contributed by atoms with E-state index in [9.17, 15) is 33.9 Å². The number of nitrogens with one attached hydrogen (secondary N) is 1. The quantitative estimate of drug-likeness (QED) is 0.338. The summed E-state index contributed by atoms with van der Waals surface area (Å²) in [6.45, 7) is 4.02. The molecule has 2 amide bonds. The van der Waals surface area contributed by atoms with Crippen LogP contribution in [-0.2, 0) is 23.9 Å². The number of ether oxygens (including phenoxy) is 1. The fraction of sp³-hybridized carbons (Fsp3) is 0.357. The third kappa shape index (κ3) is 4.93. The molecule has 10 nitrogen and oxygen atoms in total. The zero-order valence-corrected chi connectivity index (χ0v) is 21.1. The number of Topliss-reactive ketones (excluding diaryl/α,β-unsaturated/α-hetero) is 2. The normalized spacial score (nSPS) is 15.7. The van der Waals surface area contributed by atoms with Crippen LogP contribution in [-0.4, -0.2) is 53.6 Å². The molecule has 0 bridgehead atoms. The number of ketones is 2. The van der Waals surface area contributed by atoms with E-state index < -0.39 is 41.2 Å². The van der Waals surface area contributed by atoms with E-state index in [0.29, 0.717) is 28.9 Å². The summed E-state index contributed by atoms with van der Waals surface area (Å²) >= 11 is 0. The third-order valence-electron chi connectivity index (χ3n) is 6.86. The number of nitrogens with zero attached hydrogens (tertiary/aromatic N) is 1. The highest BCUT2D eigenvalue weighted by molar-refractivity contribution is 6.52. The summed E-state index contributed by atoms with van der Waals surface area (Å²) in [6, 6.07) is 9.39. The number of carbonyl (C=O) groups is 6. The van der Waals surface area contributed by atoms with Gasteiger partial charge in [0.15, 0.2) is 0 Å². The van der Waals surface area contributed by atoms with E-state index in [-0.39, 0.29) is 43.1 Å². The molecule has 0 saturated carbocycles. The minimum absolute atomic E-state index is 0.112. The van der Waals surface area contributed by atoms with Crippen molar-refractivity contribution in [2.45, 2.75) is 51.4 Å². The van der Waals surface area contributed by atoms with Gasteiger partial charge in [-0.1, -0.05) is 25.5 Å². The van der Waals surface area contributed by atoms with Crippen molar-refractivity contribution in [2.24, 2.45) is 0 Å². The van der Waals surface area contributed by atoms with Gasteiger partial charge in [-0.05, 0) is 61.6 Å². The van der Waals surface area contributed by atoms with Gasteiger partial charge in [-0.15, -0.1) is 0 Å². The fourth-order valence-corrected chi connectivity index (χ4v) is 4.97. The second-order valence-corrected chi connectivity index (χ2v) is 9.28. The molecule has 2 aliphatic rings. The molecule has 0 radical (unpaired) electrons. The summed E-state index contributed by atoms with van der Waals surface area (Å²) in [5, 5.41) is 12.2. The summed E-state index contributed by atoms with van der Waals surface area (Å²) < 4.78 is 5.18. The van der Waals surface area contributed by atoms with E-state index in [1.54, 1.807) is 31.2 Å². The van der Waals surface area contributed by atoms with Gasteiger partial charge in [-0.25, -0.2) is 0 Å². The van der Waals surface area contributed by atoms with E-state index in [2.05, 4.69) is 5.32 Å². The lowest BCUT2D eigenvalue weighted by atomic mass is 9.92. The van der Waals surface area contributed by atoms with Crippen molar-refractivity contribution in [1.29, 1.82) is 0 Å². The first-order valence-electron chi connectivity index (χ1n) is 12.6. The Bertz CT molecular complexity index is 1350. The average molecular weight is 521 g/mol. The van der Waals surface area contributed by atoms with Crippen LogP contribution in [0.15, 0.2) is 36.4 Å². The van der Waals surface area contributed by atoms with Gasteiger partial charge in [0.2, 0.25) is 0 Å². The number of aliphatic carboxylic acids is 1. The molecule has 4 rings (SSSR count). The van der Waals surface area contributed by atoms with E-state index in [0.717, 1.165) is 6.42 Å². The first kappa shape index (κ1) is 26.7. The van der Waals surface area contributed by atoms with Gasteiger partial charge in [0.25, 0.3) is 23.4 Å². The number of amides is 2. The van der Waals surface area contributed by atoms with Gasteiger partial charge in [-0.2, -0.15) is 0 Å². The molecule has 198 valence electrons. The van der Waals surface area contributed by atoms with Crippen molar-refractivity contribution in [3.63, 3.8) is 0 Å². The summed E-state index contributed by atoms with van der Waals surface area (Å²) in [5.74, 6) is -5.86. The number of rotatable bonds is 11. The van der Waals surface area contributed by atoms with Crippen LogP contribution in [0.25, 0.3) is 0 Å². The van der Waals surface area contributed by atoms with Crippen molar-refractivity contribution in [3.8, 4) is 0 Å². The van der Waals surface area contributed by atoms with Crippen LogP contribution in [0.1, 0.15) is 83.2 Å². The Labute approximate surface area is 219 Å². The Morgan fingerprint density at radius 2 is 1.61 bits per heavy atom. The van der Waals surface area contributed by atoms with Crippen LogP contribution in [0.2, 0.25) is 0 Å². The predicted molar refractivity (Wildman–Crippen MR) is 136 cm³/mol. The van der Waals surface area contributed by atoms with Crippen molar-refractivity contribution >= 4 is 46.7 Å². The second-order valence-electron chi connectivity index (χ2n) is 9.28. The van der Waals surface area contributed by atoms with Crippen LogP contribution in [0.4, 0.5) is 11.4 Å². The molecule has 0 saturated heterocycles. The number of esters is 1. The number of carboxylic acid groups (broad SMARTS) is 1. The summed E-state index contributed by atoms with van der Waals surface area (Å²) in [7, 11) is 0. The number of hydrogen-bond acceptors (Lipinski definition) is 7. The fourth-order valence-electron chi connectivity index (χ4n) is 4.97. The molecule has 0 aliphatic carbocycles. The Morgan fingerprint density at radius 1 is 0.921 bits per heavy atom. The van der Waals surface area contributed by atoms with Crippen molar-refractivity contribution in [3.05, 3.63) is 58.7 Å².